The molecule has 5 rings (SSSR count). The molecule has 1 fully saturated rings. The monoisotopic (exact) mass is 415 g/mol. The molecule has 2 aromatic heterocycles. The van der Waals surface area contributed by atoms with Gasteiger partial charge in [-0.15, -0.1) is 0 Å². The van der Waals surface area contributed by atoms with Gasteiger partial charge in [-0.2, -0.15) is 5.10 Å². The van der Waals surface area contributed by atoms with Crippen LogP contribution in [0, 0.1) is 0 Å². The molecule has 2 N–H and O–H groups in total. The molecule has 1 aliphatic heterocycles. The molecular formula is C23H25N7O. The van der Waals surface area contributed by atoms with E-state index in [4.69, 9.17) is 0 Å². The lowest BCUT2D eigenvalue weighted by Crippen LogP contribution is -2.44. The molecule has 0 bridgehead atoms. The standard InChI is InChI=1S/C23H25N7O/c1-28-11-13-30(14-12-28)17-9-7-16(8-10-17)23(31)26-21-15-20(29(2)27-21)22-24-18-5-3-4-6-19(18)25-22/h3-10,15H,11-14H2,1-2H3,(H,24,25)(H,26,27,31). The van der Waals surface area contributed by atoms with Crippen molar-refractivity contribution in [3.05, 3.63) is 60.2 Å². The van der Waals surface area contributed by atoms with E-state index in [1.807, 2.05) is 61.6 Å². The van der Waals surface area contributed by atoms with Crippen molar-refractivity contribution in [1.29, 1.82) is 0 Å². The fourth-order valence-electron chi connectivity index (χ4n) is 3.90. The van der Waals surface area contributed by atoms with Crippen LogP contribution >= 0.6 is 0 Å². The molecule has 0 saturated carbocycles. The summed E-state index contributed by atoms with van der Waals surface area (Å²) >= 11 is 0. The Morgan fingerprint density at radius 2 is 1.74 bits per heavy atom. The van der Waals surface area contributed by atoms with Crippen LogP contribution in [0.2, 0.25) is 0 Å². The lowest BCUT2D eigenvalue weighted by molar-refractivity contribution is 0.102. The van der Waals surface area contributed by atoms with Crippen LogP contribution < -0.4 is 10.2 Å². The number of aromatic amines is 1. The number of nitrogens with zero attached hydrogens (tertiary/aromatic N) is 5. The Kier molecular flexibility index (Phi) is 4.91. The molecule has 1 amide bonds. The molecule has 8 nitrogen and oxygen atoms in total. The number of aryl methyl sites for hydroxylation is 1. The number of rotatable bonds is 4. The van der Waals surface area contributed by atoms with Gasteiger partial charge in [0.25, 0.3) is 5.91 Å². The maximum atomic E-state index is 12.7. The van der Waals surface area contributed by atoms with Crippen molar-refractivity contribution >= 4 is 28.4 Å². The summed E-state index contributed by atoms with van der Waals surface area (Å²) < 4.78 is 1.71. The molecule has 3 heterocycles. The molecule has 0 aliphatic carbocycles. The van der Waals surface area contributed by atoms with Crippen molar-refractivity contribution < 1.29 is 4.79 Å². The van der Waals surface area contributed by atoms with E-state index in [0.29, 0.717) is 17.2 Å². The summed E-state index contributed by atoms with van der Waals surface area (Å²) in [6.45, 7) is 4.10. The first-order valence-corrected chi connectivity index (χ1v) is 10.4. The van der Waals surface area contributed by atoms with Gasteiger partial charge in [-0.05, 0) is 43.4 Å². The van der Waals surface area contributed by atoms with E-state index in [9.17, 15) is 4.79 Å². The molecule has 0 atom stereocenters. The van der Waals surface area contributed by atoms with E-state index in [2.05, 4.69) is 37.2 Å². The minimum Gasteiger partial charge on any atom is -0.369 e. The van der Waals surface area contributed by atoms with Crippen molar-refractivity contribution in [3.8, 4) is 11.5 Å². The largest absolute Gasteiger partial charge is 0.369 e. The van der Waals surface area contributed by atoms with E-state index in [1.165, 1.54) is 0 Å². The number of carbonyl (C=O) groups is 1. The number of nitrogens with one attached hydrogen (secondary N) is 2. The van der Waals surface area contributed by atoms with Crippen LogP contribution in [0.15, 0.2) is 54.6 Å². The molecule has 4 aromatic rings. The third-order valence-corrected chi connectivity index (χ3v) is 5.75. The first-order valence-electron chi connectivity index (χ1n) is 10.4. The number of aromatic nitrogens is 4. The average molecular weight is 416 g/mol. The Labute approximate surface area is 180 Å². The number of likely N-dealkylation sites (N-methyl/N-ethyl adjacent to an activating group) is 1. The molecule has 158 valence electrons. The molecule has 0 radical (unpaired) electrons. The predicted octanol–water partition coefficient (Wildman–Crippen LogP) is 2.97. The Bertz CT molecular complexity index is 1180. The van der Waals surface area contributed by atoms with E-state index in [-0.39, 0.29) is 5.91 Å². The summed E-state index contributed by atoms with van der Waals surface area (Å²) in [7, 11) is 3.98. The van der Waals surface area contributed by atoms with Gasteiger partial charge in [-0.1, -0.05) is 12.1 Å². The highest BCUT2D eigenvalue weighted by Gasteiger charge is 2.16. The highest BCUT2D eigenvalue weighted by molar-refractivity contribution is 6.04. The molecule has 1 aliphatic rings. The van der Waals surface area contributed by atoms with Crippen LogP contribution in [0.25, 0.3) is 22.6 Å². The van der Waals surface area contributed by atoms with Crippen molar-refractivity contribution in [3.63, 3.8) is 0 Å². The van der Waals surface area contributed by atoms with E-state index >= 15 is 0 Å². The van der Waals surface area contributed by atoms with Gasteiger partial charge >= 0.3 is 0 Å². The summed E-state index contributed by atoms with van der Waals surface area (Å²) in [6.07, 6.45) is 0. The molecule has 0 spiro atoms. The number of hydrogen-bond donors (Lipinski definition) is 2. The number of hydrogen-bond acceptors (Lipinski definition) is 5. The van der Waals surface area contributed by atoms with Gasteiger partial charge in [0.05, 0.1) is 11.0 Å². The second kappa shape index (κ2) is 7.88. The van der Waals surface area contributed by atoms with Gasteiger partial charge in [0, 0.05) is 50.5 Å². The second-order valence-corrected chi connectivity index (χ2v) is 7.93. The Morgan fingerprint density at radius 1 is 1.00 bits per heavy atom. The first kappa shape index (κ1) is 19.3. The summed E-state index contributed by atoms with van der Waals surface area (Å²) in [6, 6.07) is 17.4. The van der Waals surface area contributed by atoms with Crippen LogP contribution in [0.4, 0.5) is 11.5 Å². The van der Waals surface area contributed by atoms with Crippen molar-refractivity contribution in [2.45, 2.75) is 0 Å². The number of benzene rings is 2. The average Bonchev–Trinajstić information content (AvgIpc) is 3.37. The van der Waals surface area contributed by atoms with Gasteiger partial charge in [0.15, 0.2) is 11.6 Å². The van der Waals surface area contributed by atoms with Gasteiger partial charge in [-0.25, -0.2) is 4.98 Å². The van der Waals surface area contributed by atoms with E-state index < -0.39 is 0 Å². The number of anilines is 2. The predicted molar refractivity (Wildman–Crippen MR) is 122 cm³/mol. The Hall–Kier alpha value is -3.65. The molecule has 8 heteroatoms. The van der Waals surface area contributed by atoms with Gasteiger partial charge in [0.2, 0.25) is 0 Å². The number of carbonyl (C=O) groups excluding carboxylic acids is 1. The van der Waals surface area contributed by atoms with E-state index in [0.717, 1.165) is 48.6 Å². The van der Waals surface area contributed by atoms with E-state index in [1.54, 1.807) is 4.68 Å². The van der Waals surface area contributed by atoms with Gasteiger partial charge in [0.1, 0.15) is 5.69 Å². The number of imidazole rings is 1. The van der Waals surface area contributed by atoms with Crippen molar-refractivity contribution in [2.75, 3.05) is 43.4 Å². The maximum absolute atomic E-state index is 12.7. The molecule has 0 unspecified atom stereocenters. The number of piperazine rings is 1. The fourth-order valence-corrected chi connectivity index (χ4v) is 3.90. The lowest BCUT2D eigenvalue weighted by Gasteiger charge is -2.34. The minimum atomic E-state index is -0.181. The number of para-hydroxylation sites is 2. The summed E-state index contributed by atoms with van der Waals surface area (Å²) in [5.41, 5.74) is 4.41. The number of H-pyrrole nitrogens is 1. The molecule has 2 aromatic carbocycles. The van der Waals surface area contributed by atoms with Crippen molar-refractivity contribution in [1.82, 2.24) is 24.6 Å². The lowest BCUT2D eigenvalue weighted by atomic mass is 10.1. The summed E-state index contributed by atoms with van der Waals surface area (Å²) in [4.78, 5) is 25.3. The van der Waals surface area contributed by atoms with Crippen LogP contribution in [-0.4, -0.2) is 63.8 Å². The summed E-state index contributed by atoms with van der Waals surface area (Å²) in [5, 5.41) is 7.33. The first-order chi connectivity index (χ1) is 15.1. The normalized spacial score (nSPS) is 14.8. The van der Waals surface area contributed by atoms with Crippen molar-refractivity contribution in [2.24, 2.45) is 7.05 Å². The highest BCUT2D eigenvalue weighted by Crippen LogP contribution is 2.23. The SMILES string of the molecule is CN1CCN(c2ccc(C(=O)Nc3cc(-c4nc5ccccc5[nH]4)n(C)n3)cc2)CC1. The maximum Gasteiger partial charge on any atom is 0.256 e. The zero-order valence-corrected chi connectivity index (χ0v) is 17.7. The third kappa shape index (κ3) is 3.89. The van der Waals surface area contributed by atoms with Gasteiger partial charge in [-0.3, -0.25) is 9.48 Å². The Balaban J connectivity index is 1.30. The zero-order chi connectivity index (χ0) is 21.4. The number of fused-ring (bicyclic) bond motifs is 1. The Morgan fingerprint density at radius 3 is 2.48 bits per heavy atom. The third-order valence-electron chi connectivity index (χ3n) is 5.75. The fraction of sp³-hybridized carbons (Fsp3) is 0.261. The minimum absolute atomic E-state index is 0.181. The highest BCUT2D eigenvalue weighted by atomic mass is 16.1. The van der Waals surface area contributed by atoms with Crippen LogP contribution in [0.1, 0.15) is 10.4 Å². The molecule has 31 heavy (non-hydrogen) atoms. The second-order valence-electron chi connectivity index (χ2n) is 7.93. The summed E-state index contributed by atoms with van der Waals surface area (Å²) in [5.74, 6) is 1.03. The zero-order valence-electron chi connectivity index (χ0n) is 17.7. The van der Waals surface area contributed by atoms with Crippen LogP contribution in [0.5, 0.6) is 0 Å². The molecular weight excluding hydrogens is 390 g/mol. The van der Waals surface area contributed by atoms with Crippen LogP contribution in [0.3, 0.4) is 0 Å². The quantitative estimate of drug-likeness (QED) is 0.536. The molecule has 1 saturated heterocycles. The topological polar surface area (TPSA) is 82.1 Å². The van der Waals surface area contributed by atoms with Crippen LogP contribution in [-0.2, 0) is 7.05 Å². The smallest absolute Gasteiger partial charge is 0.256 e. The number of amides is 1. The van der Waals surface area contributed by atoms with Gasteiger partial charge < -0.3 is 20.1 Å².